The number of ether oxygens (including phenoxy) is 1. The second kappa shape index (κ2) is 15.6. The third kappa shape index (κ3) is 9.65. The standard InChI is InChI=1S/C28H40BrN3O3/c1-5-17-32(18-6-2)28(34)26(30-27(33)23-11-13-24(29)14-12-23)21-22-9-15-25(16-10-22)35-20-19-31(7-3)8-4/h9-16,26H,5-8,17-21H2,1-4H3,(H,30,33). The molecule has 0 aliphatic heterocycles. The van der Waals surface area contributed by atoms with Crippen LogP contribution in [0.1, 0.15) is 56.5 Å². The number of carbonyl (C=O) groups is 2. The average Bonchev–Trinajstić information content (AvgIpc) is 2.87. The van der Waals surface area contributed by atoms with Crippen LogP contribution >= 0.6 is 15.9 Å². The van der Waals surface area contributed by atoms with E-state index in [-0.39, 0.29) is 11.8 Å². The van der Waals surface area contributed by atoms with Gasteiger partial charge in [-0.3, -0.25) is 9.59 Å². The van der Waals surface area contributed by atoms with Crippen molar-refractivity contribution in [3.8, 4) is 5.75 Å². The Hall–Kier alpha value is -2.38. The Morgan fingerprint density at radius 1 is 0.886 bits per heavy atom. The van der Waals surface area contributed by atoms with Gasteiger partial charge in [-0.25, -0.2) is 0 Å². The summed E-state index contributed by atoms with van der Waals surface area (Å²) in [7, 11) is 0. The van der Waals surface area contributed by atoms with E-state index < -0.39 is 6.04 Å². The van der Waals surface area contributed by atoms with E-state index in [1.807, 2.05) is 41.3 Å². The Morgan fingerprint density at radius 3 is 2.03 bits per heavy atom. The zero-order chi connectivity index (χ0) is 25.6. The van der Waals surface area contributed by atoms with Gasteiger partial charge >= 0.3 is 0 Å². The molecule has 0 aliphatic carbocycles. The number of hydrogen-bond acceptors (Lipinski definition) is 4. The molecule has 2 aromatic rings. The second-order valence-electron chi connectivity index (χ2n) is 8.58. The van der Waals surface area contributed by atoms with Crippen LogP contribution in [0.3, 0.4) is 0 Å². The van der Waals surface area contributed by atoms with Crippen molar-refractivity contribution in [2.45, 2.75) is 53.0 Å². The largest absolute Gasteiger partial charge is 0.492 e. The second-order valence-corrected chi connectivity index (χ2v) is 9.50. The minimum Gasteiger partial charge on any atom is -0.492 e. The minimum atomic E-state index is -0.640. The number of likely N-dealkylation sites (N-methyl/N-ethyl adjacent to an activating group) is 1. The normalized spacial score (nSPS) is 11.8. The van der Waals surface area contributed by atoms with Crippen LogP contribution in [-0.4, -0.2) is 67.0 Å². The molecular weight excluding hydrogens is 506 g/mol. The highest BCUT2D eigenvalue weighted by Crippen LogP contribution is 2.16. The van der Waals surface area contributed by atoms with E-state index in [2.05, 4.69) is 53.8 Å². The highest BCUT2D eigenvalue weighted by molar-refractivity contribution is 9.10. The average molecular weight is 547 g/mol. The monoisotopic (exact) mass is 545 g/mol. The van der Waals surface area contributed by atoms with Gasteiger partial charge in [0.15, 0.2) is 0 Å². The van der Waals surface area contributed by atoms with Gasteiger partial charge in [0.05, 0.1) is 0 Å². The van der Waals surface area contributed by atoms with Crippen LogP contribution in [0, 0.1) is 0 Å². The third-order valence-electron chi connectivity index (χ3n) is 5.94. The van der Waals surface area contributed by atoms with Crippen molar-refractivity contribution in [2.75, 3.05) is 39.3 Å². The van der Waals surface area contributed by atoms with Crippen LogP contribution in [0.5, 0.6) is 5.75 Å². The first-order chi connectivity index (χ1) is 16.9. The zero-order valence-corrected chi connectivity index (χ0v) is 23.1. The molecule has 0 aromatic heterocycles. The van der Waals surface area contributed by atoms with Gasteiger partial charge in [-0.2, -0.15) is 0 Å². The van der Waals surface area contributed by atoms with Crippen LogP contribution in [0.4, 0.5) is 0 Å². The van der Waals surface area contributed by atoms with E-state index in [9.17, 15) is 9.59 Å². The van der Waals surface area contributed by atoms with Crippen molar-refractivity contribution in [2.24, 2.45) is 0 Å². The summed E-state index contributed by atoms with van der Waals surface area (Å²) in [6, 6.07) is 14.3. The number of amides is 2. The quantitative estimate of drug-likeness (QED) is 0.335. The zero-order valence-electron chi connectivity index (χ0n) is 21.6. The van der Waals surface area contributed by atoms with E-state index in [0.29, 0.717) is 31.7 Å². The molecule has 192 valence electrons. The molecule has 0 bridgehead atoms. The lowest BCUT2D eigenvalue weighted by Crippen LogP contribution is -2.50. The SMILES string of the molecule is CCCN(CCC)C(=O)C(Cc1ccc(OCCN(CC)CC)cc1)NC(=O)c1ccc(Br)cc1. The van der Waals surface area contributed by atoms with Gasteiger partial charge in [-0.1, -0.05) is 55.8 Å². The number of hydrogen-bond donors (Lipinski definition) is 1. The van der Waals surface area contributed by atoms with Crippen LogP contribution < -0.4 is 10.1 Å². The van der Waals surface area contributed by atoms with Crippen molar-refractivity contribution in [3.05, 3.63) is 64.1 Å². The predicted molar refractivity (Wildman–Crippen MR) is 146 cm³/mol. The lowest BCUT2D eigenvalue weighted by atomic mass is 10.0. The maximum atomic E-state index is 13.5. The van der Waals surface area contributed by atoms with Crippen molar-refractivity contribution < 1.29 is 14.3 Å². The molecular formula is C28H40BrN3O3. The predicted octanol–water partition coefficient (Wildman–Crippen LogP) is 5.16. The molecule has 0 heterocycles. The van der Waals surface area contributed by atoms with Crippen LogP contribution in [0.15, 0.2) is 53.0 Å². The van der Waals surface area contributed by atoms with Crippen LogP contribution in [0.2, 0.25) is 0 Å². The molecule has 0 spiro atoms. The fourth-order valence-corrected chi connectivity index (χ4v) is 4.19. The molecule has 1 N–H and O–H groups in total. The van der Waals surface area contributed by atoms with Crippen molar-refractivity contribution in [3.63, 3.8) is 0 Å². The summed E-state index contributed by atoms with van der Waals surface area (Å²) < 4.78 is 6.79. The summed E-state index contributed by atoms with van der Waals surface area (Å²) in [4.78, 5) is 30.6. The van der Waals surface area contributed by atoms with E-state index in [1.165, 1.54) is 0 Å². The number of nitrogens with zero attached hydrogens (tertiary/aromatic N) is 2. The molecule has 0 fully saturated rings. The first-order valence-corrected chi connectivity index (χ1v) is 13.5. The van der Waals surface area contributed by atoms with Gasteiger partial charge in [0.2, 0.25) is 5.91 Å². The Kier molecular flexibility index (Phi) is 12.8. The number of benzene rings is 2. The highest BCUT2D eigenvalue weighted by atomic mass is 79.9. The molecule has 2 amide bonds. The fraction of sp³-hybridized carbons (Fsp3) is 0.500. The first-order valence-electron chi connectivity index (χ1n) is 12.7. The van der Waals surface area contributed by atoms with Gasteiger partial charge in [0.1, 0.15) is 18.4 Å². The summed E-state index contributed by atoms with van der Waals surface area (Å²) in [5, 5.41) is 2.99. The molecule has 1 atom stereocenters. The number of halogens is 1. The van der Waals surface area contributed by atoms with Crippen molar-refractivity contribution >= 4 is 27.7 Å². The van der Waals surface area contributed by atoms with Crippen LogP contribution in [-0.2, 0) is 11.2 Å². The lowest BCUT2D eigenvalue weighted by molar-refractivity contribution is -0.133. The molecule has 2 aromatic carbocycles. The number of carbonyl (C=O) groups excluding carboxylic acids is 2. The summed E-state index contributed by atoms with van der Waals surface area (Å²) in [6.45, 7) is 13.3. The van der Waals surface area contributed by atoms with E-state index >= 15 is 0 Å². The molecule has 0 saturated carbocycles. The molecule has 2 rings (SSSR count). The lowest BCUT2D eigenvalue weighted by Gasteiger charge is -2.27. The number of nitrogens with one attached hydrogen (secondary N) is 1. The molecule has 7 heteroatoms. The third-order valence-corrected chi connectivity index (χ3v) is 6.47. The van der Waals surface area contributed by atoms with Gasteiger partial charge < -0.3 is 19.9 Å². The minimum absolute atomic E-state index is 0.0429. The Morgan fingerprint density at radius 2 is 1.49 bits per heavy atom. The van der Waals surface area contributed by atoms with Crippen molar-refractivity contribution in [1.82, 2.24) is 15.1 Å². The van der Waals surface area contributed by atoms with Gasteiger partial charge in [-0.05, 0) is 67.9 Å². The van der Waals surface area contributed by atoms with Gasteiger partial charge in [0.25, 0.3) is 5.91 Å². The van der Waals surface area contributed by atoms with Crippen LogP contribution in [0.25, 0.3) is 0 Å². The maximum Gasteiger partial charge on any atom is 0.251 e. The van der Waals surface area contributed by atoms with Gasteiger partial charge in [0, 0.05) is 36.1 Å². The smallest absolute Gasteiger partial charge is 0.251 e. The highest BCUT2D eigenvalue weighted by Gasteiger charge is 2.26. The Bertz CT molecular complexity index is 893. The number of rotatable bonds is 15. The maximum absolute atomic E-state index is 13.5. The Balaban J connectivity index is 2.12. The van der Waals surface area contributed by atoms with E-state index in [1.54, 1.807) is 12.1 Å². The first kappa shape index (κ1) is 28.9. The van der Waals surface area contributed by atoms with Crippen molar-refractivity contribution in [1.29, 1.82) is 0 Å². The molecule has 0 radical (unpaired) electrons. The molecule has 35 heavy (non-hydrogen) atoms. The summed E-state index contributed by atoms with van der Waals surface area (Å²) in [5.74, 6) is 0.514. The summed E-state index contributed by atoms with van der Waals surface area (Å²) in [6.07, 6.45) is 2.17. The molecule has 0 aliphatic rings. The summed E-state index contributed by atoms with van der Waals surface area (Å²) in [5.41, 5.74) is 1.50. The summed E-state index contributed by atoms with van der Waals surface area (Å²) >= 11 is 3.40. The molecule has 0 saturated heterocycles. The van der Waals surface area contributed by atoms with E-state index in [4.69, 9.17) is 4.74 Å². The molecule has 1 unspecified atom stereocenters. The topological polar surface area (TPSA) is 61.9 Å². The molecule has 6 nitrogen and oxygen atoms in total. The Labute approximate surface area is 219 Å². The van der Waals surface area contributed by atoms with E-state index in [0.717, 1.165) is 48.3 Å². The fourth-order valence-electron chi connectivity index (χ4n) is 3.93. The van der Waals surface area contributed by atoms with Gasteiger partial charge in [-0.15, -0.1) is 0 Å².